The second-order valence-electron chi connectivity index (χ2n) is 4.26. The molecule has 0 aromatic heterocycles. The van der Waals surface area contributed by atoms with Gasteiger partial charge in [0.15, 0.2) is 0 Å². The number of rotatable bonds is 6. The summed E-state index contributed by atoms with van der Waals surface area (Å²) in [4.78, 5) is 10.7. The average molecular weight is 219 g/mol. The van der Waals surface area contributed by atoms with Crippen LogP contribution in [0.4, 0.5) is 0 Å². The highest BCUT2D eigenvalue weighted by Gasteiger charge is 2.20. The van der Waals surface area contributed by atoms with Gasteiger partial charge in [0.1, 0.15) is 13.1 Å². The fraction of sp³-hybridized carbons (Fsp3) is 0.308. The fourth-order valence-electron chi connectivity index (χ4n) is 1.83. The van der Waals surface area contributed by atoms with Crippen molar-refractivity contribution in [2.45, 2.75) is 6.54 Å². The van der Waals surface area contributed by atoms with Gasteiger partial charge in [0.2, 0.25) is 0 Å². The summed E-state index contributed by atoms with van der Waals surface area (Å²) in [5.41, 5.74) is 1.12. The van der Waals surface area contributed by atoms with Gasteiger partial charge in [-0.2, -0.15) is 0 Å². The highest BCUT2D eigenvalue weighted by Crippen LogP contribution is 2.11. The van der Waals surface area contributed by atoms with Gasteiger partial charge in [-0.1, -0.05) is 36.9 Å². The van der Waals surface area contributed by atoms with Crippen LogP contribution in [0.2, 0.25) is 0 Å². The maximum Gasteiger partial charge on any atom is 0.119 e. The second-order valence-corrected chi connectivity index (χ2v) is 4.26. The Morgan fingerprint density at radius 1 is 1.44 bits per heavy atom. The van der Waals surface area contributed by atoms with Crippen molar-refractivity contribution >= 4 is 5.97 Å². The van der Waals surface area contributed by atoms with E-state index in [4.69, 9.17) is 0 Å². The third-order valence-corrected chi connectivity index (χ3v) is 2.49. The molecule has 0 spiro atoms. The Bertz CT molecular complexity index is 361. The molecule has 0 aliphatic rings. The molecular weight excluding hydrogens is 202 g/mol. The third-order valence-electron chi connectivity index (χ3n) is 2.49. The summed E-state index contributed by atoms with van der Waals surface area (Å²) in [6.45, 7) is 4.95. The summed E-state index contributed by atoms with van der Waals surface area (Å²) in [6.07, 6.45) is 1.74. The molecule has 1 unspecified atom stereocenters. The van der Waals surface area contributed by atoms with Crippen LogP contribution in [0, 0.1) is 0 Å². The van der Waals surface area contributed by atoms with Crippen LogP contribution in [-0.4, -0.2) is 30.6 Å². The topological polar surface area (TPSA) is 40.1 Å². The molecule has 1 rings (SSSR count). The number of carboxylic acids is 1. The molecule has 0 heterocycles. The first-order valence-corrected chi connectivity index (χ1v) is 5.24. The molecule has 16 heavy (non-hydrogen) atoms. The molecule has 1 aromatic carbocycles. The Hall–Kier alpha value is -1.61. The monoisotopic (exact) mass is 219 g/mol. The molecule has 3 heteroatoms. The first kappa shape index (κ1) is 12.5. The normalized spacial score (nSPS) is 14.1. The number of carbonyl (C=O) groups is 1. The van der Waals surface area contributed by atoms with Crippen molar-refractivity contribution in [1.29, 1.82) is 0 Å². The molecule has 3 nitrogen and oxygen atoms in total. The van der Waals surface area contributed by atoms with Crippen molar-refractivity contribution in [3.63, 3.8) is 0 Å². The summed E-state index contributed by atoms with van der Waals surface area (Å²) in [5.74, 6) is -1.03. The molecule has 0 fully saturated rings. The lowest BCUT2D eigenvalue weighted by atomic mass is 10.2. The predicted octanol–water partition coefficient (Wildman–Crippen LogP) is 0.569. The molecule has 0 saturated carbocycles. The number of likely N-dealkylation sites (N-methyl/N-ethyl adjacent to an activating group) is 1. The maximum atomic E-state index is 10.7. The van der Waals surface area contributed by atoms with Gasteiger partial charge >= 0.3 is 0 Å². The fourth-order valence-corrected chi connectivity index (χ4v) is 1.83. The maximum absolute atomic E-state index is 10.7. The van der Waals surface area contributed by atoms with E-state index in [9.17, 15) is 9.90 Å². The number of quaternary nitrogens is 1. The van der Waals surface area contributed by atoms with E-state index in [1.165, 1.54) is 0 Å². The predicted molar refractivity (Wildman–Crippen MR) is 61.3 cm³/mol. The van der Waals surface area contributed by atoms with Crippen LogP contribution in [-0.2, 0) is 11.3 Å². The van der Waals surface area contributed by atoms with Crippen molar-refractivity contribution in [3.8, 4) is 0 Å². The quantitative estimate of drug-likeness (QED) is 0.518. The molecule has 0 amide bonds. The minimum atomic E-state index is -1.03. The van der Waals surface area contributed by atoms with Gasteiger partial charge in [0.05, 0.1) is 19.6 Å². The summed E-state index contributed by atoms with van der Waals surface area (Å²) < 4.78 is 0.385. The van der Waals surface area contributed by atoms with Crippen molar-refractivity contribution < 1.29 is 14.4 Å². The summed E-state index contributed by atoms with van der Waals surface area (Å²) in [7, 11) is 1.89. The van der Waals surface area contributed by atoms with Crippen LogP contribution in [0.3, 0.4) is 0 Å². The second kappa shape index (κ2) is 5.47. The molecule has 0 saturated heterocycles. The highest BCUT2D eigenvalue weighted by molar-refractivity contribution is 5.65. The minimum Gasteiger partial charge on any atom is -0.544 e. The van der Waals surface area contributed by atoms with E-state index in [1.807, 2.05) is 37.4 Å². The van der Waals surface area contributed by atoms with Gasteiger partial charge in [-0.25, -0.2) is 0 Å². The first-order valence-electron chi connectivity index (χ1n) is 5.24. The number of nitrogens with zero attached hydrogens (tertiary/aromatic N) is 1. The summed E-state index contributed by atoms with van der Waals surface area (Å²) in [6, 6.07) is 9.84. The Balaban J connectivity index is 2.78. The van der Waals surface area contributed by atoms with E-state index < -0.39 is 5.97 Å². The zero-order valence-electron chi connectivity index (χ0n) is 9.56. The van der Waals surface area contributed by atoms with E-state index in [1.54, 1.807) is 6.08 Å². The van der Waals surface area contributed by atoms with E-state index in [0.29, 0.717) is 17.6 Å². The van der Waals surface area contributed by atoms with Crippen molar-refractivity contribution in [2.24, 2.45) is 0 Å². The first-order chi connectivity index (χ1) is 7.56. The van der Waals surface area contributed by atoms with Crippen LogP contribution < -0.4 is 5.11 Å². The van der Waals surface area contributed by atoms with Gasteiger partial charge < -0.3 is 14.4 Å². The van der Waals surface area contributed by atoms with Crippen LogP contribution in [0.15, 0.2) is 43.0 Å². The summed E-state index contributed by atoms with van der Waals surface area (Å²) >= 11 is 0. The number of benzene rings is 1. The van der Waals surface area contributed by atoms with Crippen LogP contribution in [0.1, 0.15) is 5.56 Å². The van der Waals surface area contributed by atoms with E-state index in [-0.39, 0.29) is 6.54 Å². The molecule has 0 N–H and O–H groups in total. The zero-order chi connectivity index (χ0) is 12.0. The Labute approximate surface area is 96.2 Å². The van der Waals surface area contributed by atoms with Crippen LogP contribution in [0.5, 0.6) is 0 Å². The van der Waals surface area contributed by atoms with Gasteiger partial charge in [0, 0.05) is 5.56 Å². The van der Waals surface area contributed by atoms with Gasteiger partial charge in [-0.3, -0.25) is 0 Å². The molecule has 0 aliphatic carbocycles. The number of hydrogen-bond donors (Lipinski definition) is 0. The lowest BCUT2D eigenvalue weighted by Crippen LogP contribution is -2.50. The number of carboxylic acid groups (broad SMARTS) is 1. The lowest BCUT2D eigenvalue weighted by molar-refractivity contribution is -0.911. The van der Waals surface area contributed by atoms with Gasteiger partial charge in [-0.05, 0) is 6.08 Å². The molecule has 1 aromatic rings. The standard InChI is InChI=1S/C13H17NO2/c1-3-9-14(2,11-13(15)16)10-12-7-5-4-6-8-12/h3-8H,1,9-11H2,2H3. The number of hydrogen-bond acceptors (Lipinski definition) is 2. The SMILES string of the molecule is C=CC[N+](C)(CC(=O)[O-])Cc1ccccc1. The van der Waals surface area contributed by atoms with E-state index >= 15 is 0 Å². The smallest absolute Gasteiger partial charge is 0.119 e. The van der Waals surface area contributed by atoms with Crippen LogP contribution >= 0.6 is 0 Å². The highest BCUT2D eigenvalue weighted by atomic mass is 16.4. The number of aliphatic carboxylic acids is 1. The summed E-state index contributed by atoms with van der Waals surface area (Å²) in [5, 5.41) is 10.7. The molecule has 1 atom stereocenters. The van der Waals surface area contributed by atoms with Gasteiger partial charge in [0.25, 0.3) is 0 Å². The lowest BCUT2D eigenvalue weighted by Gasteiger charge is -2.33. The van der Waals surface area contributed by atoms with Crippen molar-refractivity contribution in [1.82, 2.24) is 0 Å². The van der Waals surface area contributed by atoms with Gasteiger partial charge in [-0.15, -0.1) is 0 Å². The van der Waals surface area contributed by atoms with E-state index in [0.717, 1.165) is 5.56 Å². The Kier molecular flexibility index (Phi) is 4.26. The van der Waals surface area contributed by atoms with E-state index in [2.05, 4.69) is 6.58 Å². The molecule has 86 valence electrons. The molecule has 0 radical (unpaired) electrons. The third kappa shape index (κ3) is 3.87. The molecular formula is C13H17NO2. The zero-order valence-corrected chi connectivity index (χ0v) is 9.56. The largest absolute Gasteiger partial charge is 0.544 e. The van der Waals surface area contributed by atoms with Crippen molar-refractivity contribution in [2.75, 3.05) is 20.1 Å². The Morgan fingerprint density at radius 3 is 2.56 bits per heavy atom. The Morgan fingerprint density at radius 2 is 2.06 bits per heavy atom. The van der Waals surface area contributed by atoms with Crippen molar-refractivity contribution in [3.05, 3.63) is 48.6 Å². The number of carbonyl (C=O) groups excluding carboxylic acids is 1. The average Bonchev–Trinajstić information content (AvgIpc) is 2.17. The van der Waals surface area contributed by atoms with Crippen LogP contribution in [0.25, 0.3) is 0 Å². The molecule has 0 aliphatic heterocycles. The molecule has 0 bridgehead atoms. The minimum absolute atomic E-state index is 0.000907.